The molecule has 1 N–H and O–H groups in total. The smallest absolute Gasteiger partial charge is 0.266 e. The van der Waals surface area contributed by atoms with Crippen molar-refractivity contribution in [3.8, 4) is 0 Å². The monoisotopic (exact) mass is 275 g/mol. The lowest BCUT2D eigenvalue weighted by atomic mass is 9.84. The van der Waals surface area contributed by atoms with Crippen molar-refractivity contribution in [2.24, 2.45) is 5.92 Å². The zero-order chi connectivity index (χ0) is 13.9. The van der Waals surface area contributed by atoms with Crippen molar-refractivity contribution in [2.75, 3.05) is 0 Å². The van der Waals surface area contributed by atoms with E-state index in [1.807, 2.05) is 0 Å². The number of carbonyl (C=O) groups excluding carboxylic acids is 1. The molecule has 0 spiro atoms. The van der Waals surface area contributed by atoms with E-state index in [0.29, 0.717) is 0 Å². The van der Waals surface area contributed by atoms with Gasteiger partial charge < -0.3 is 5.32 Å². The van der Waals surface area contributed by atoms with E-state index in [9.17, 15) is 9.59 Å². The molecule has 1 aromatic rings. The van der Waals surface area contributed by atoms with E-state index in [1.165, 1.54) is 6.42 Å². The van der Waals surface area contributed by atoms with Crippen LogP contribution in [0.2, 0.25) is 0 Å². The lowest BCUT2D eigenvalue weighted by Crippen LogP contribution is -2.43. The molecule has 2 aliphatic carbocycles. The Balaban J connectivity index is 1.53. The Morgan fingerprint density at radius 3 is 2.55 bits per heavy atom. The van der Waals surface area contributed by atoms with Gasteiger partial charge in [-0.05, 0) is 44.6 Å². The zero-order valence-corrected chi connectivity index (χ0v) is 11.6. The molecule has 0 aromatic carbocycles. The van der Waals surface area contributed by atoms with E-state index in [1.54, 1.807) is 23.0 Å². The minimum Gasteiger partial charge on any atom is -0.353 e. The second-order valence-corrected chi connectivity index (χ2v) is 5.95. The fourth-order valence-electron chi connectivity index (χ4n) is 3.10. The lowest BCUT2D eigenvalue weighted by Gasteiger charge is -2.32. The van der Waals surface area contributed by atoms with Gasteiger partial charge in [-0.2, -0.15) is 5.10 Å². The van der Waals surface area contributed by atoms with Crippen LogP contribution in [0.4, 0.5) is 0 Å². The van der Waals surface area contributed by atoms with Crippen molar-refractivity contribution in [3.63, 3.8) is 0 Å². The van der Waals surface area contributed by atoms with E-state index in [2.05, 4.69) is 10.4 Å². The molecule has 0 unspecified atom stereocenters. The maximum atomic E-state index is 11.9. The van der Waals surface area contributed by atoms with Gasteiger partial charge in [0.25, 0.3) is 5.56 Å². The summed E-state index contributed by atoms with van der Waals surface area (Å²) in [5.41, 5.74) is -0.0329. The molecule has 2 aliphatic rings. The van der Waals surface area contributed by atoms with Gasteiger partial charge in [0.1, 0.15) is 0 Å². The molecule has 3 rings (SSSR count). The third kappa shape index (κ3) is 2.76. The molecule has 5 heteroatoms. The average molecular weight is 275 g/mol. The molecule has 20 heavy (non-hydrogen) atoms. The van der Waals surface area contributed by atoms with Crippen LogP contribution in [0.1, 0.15) is 51.0 Å². The number of hydrogen-bond acceptors (Lipinski definition) is 3. The highest BCUT2D eigenvalue weighted by Crippen LogP contribution is 2.29. The van der Waals surface area contributed by atoms with Crippen molar-refractivity contribution in [1.29, 1.82) is 0 Å². The first-order valence-corrected chi connectivity index (χ1v) is 7.58. The fourth-order valence-corrected chi connectivity index (χ4v) is 3.10. The molecule has 1 amide bonds. The lowest BCUT2D eigenvalue weighted by molar-refractivity contribution is -0.128. The molecular formula is C15H21N3O2. The SMILES string of the molecule is O=C(NC1CCC(n2ncccc2=O)CC1)C1CCC1. The Bertz CT molecular complexity index is 528. The maximum Gasteiger partial charge on any atom is 0.266 e. The van der Waals surface area contributed by atoms with Crippen molar-refractivity contribution < 1.29 is 4.79 Å². The van der Waals surface area contributed by atoms with E-state index >= 15 is 0 Å². The van der Waals surface area contributed by atoms with E-state index in [0.717, 1.165) is 38.5 Å². The first kappa shape index (κ1) is 13.3. The number of nitrogens with zero attached hydrogens (tertiary/aromatic N) is 2. The van der Waals surface area contributed by atoms with Gasteiger partial charge in [-0.1, -0.05) is 6.42 Å². The average Bonchev–Trinajstić information content (AvgIpc) is 2.38. The Kier molecular flexibility index (Phi) is 3.85. The summed E-state index contributed by atoms with van der Waals surface area (Å²) in [5.74, 6) is 0.487. The Morgan fingerprint density at radius 2 is 1.95 bits per heavy atom. The van der Waals surface area contributed by atoms with Crippen LogP contribution in [0.15, 0.2) is 23.1 Å². The molecular weight excluding hydrogens is 254 g/mol. The van der Waals surface area contributed by atoms with E-state index < -0.39 is 0 Å². The highest BCUT2D eigenvalue weighted by molar-refractivity contribution is 5.79. The minimum absolute atomic E-state index is 0.0329. The second-order valence-electron chi connectivity index (χ2n) is 5.95. The third-order valence-corrected chi connectivity index (χ3v) is 4.61. The standard InChI is InChI=1S/C15H21N3O2/c19-14-5-2-10-16-18(14)13-8-6-12(7-9-13)17-15(20)11-3-1-4-11/h2,5,10-13H,1,3-4,6-9H2,(H,17,20). The van der Waals surface area contributed by atoms with Crippen LogP contribution < -0.4 is 10.9 Å². The summed E-state index contributed by atoms with van der Waals surface area (Å²) in [6, 6.07) is 3.68. The maximum absolute atomic E-state index is 11.9. The Labute approximate surface area is 118 Å². The molecule has 2 fully saturated rings. The Morgan fingerprint density at radius 1 is 1.20 bits per heavy atom. The molecule has 1 aromatic heterocycles. The van der Waals surface area contributed by atoms with Gasteiger partial charge in [-0.3, -0.25) is 9.59 Å². The van der Waals surface area contributed by atoms with Crippen molar-refractivity contribution >= 4 is 5.91 Å². The summed E-state index contributed by atoms with van der Waals surface area (Å²) < 4.78 is 1.59. The van der Waals surface area contributed by atoms with Crippen LogP contribution in [-0.4, -0.2) is 21.7 Å². The molecule has 5 nitrogen and oxygen atoms in total. The predicted octanol–water partition coefficient (Wildman–Crippen LogP) is 1.64. The predicted molar refractivity (Wildman–Crippen MR) is 75.3 cm³/mol. The van der Waals surface area contributed by atoms with Crippen molar-refractivity contribution in [3.05, 3.63) is 28.7 Å². The van der Waals surface area contributed by atoms with Crippen LogP contribution in [-0.2, 0) is 4.79 Å². The number of rotatable bonds is 3. The van der Waals surface area contributed by atoms with E-state index in [-0.39, 0.29) is 29.5 Å². The second kappa shape index (κ2) is 5.77. The van der Waals surface area contributed by atoms with Crippen LogP contribution in [0.3, 0.4) is 0 Å². The number of aromatic nitrogens is 2. The minimum atomic E-state index is -0.0329. The molecule has 0 saturated heterocycles. The number of amides is 1. The molecule has 108 valence electrons. The number of nitrogens with one attached hydrogen (secondary N) is 1. The van der Waals surface area contributed by atoms with Gasteiger partial charge in [0.05, 0.1) is 6.04 Å². The molecule has 2 saturated carbocycles. The van der Waals surface area contributed by atoms with Gasteiger partial charge in [0.2, 0.25) is 5.91 Å². The van der Waals surface area contributed by atoms with Crippen LogP contribution in [0, 0.1) is 5.92 Å². The van der Waals surface area contributed by atoms with Gasteiger partial charge >= 0.3 is 0 Å². The summed E-state index contributed by atoms with van der Waals surface area (Å²) in [6.45, 7) is 0. The van der Waals surface area contributed by atoms with Gasteiger partial charge in [-0.25, -0.2) is 4.68 Å². The molecule has 0 aliphatic heterocycles. The zero-order valence-electron chi connectivity index (χ0n) is 11.6. The molecule has 0 radical (unpaired) electrons. The number of carbonyl (C=O) groups is 1. The highest BCUT2D eigenvalue weighted by atomic mass is 16.2. The highest BCUT2D eigenvalue weighted by Gasteiger charge is 2.29. The third-order valence-electron chi connectivity index (χ3n) is 4.61. The first-order chi connectivity index (χ1) is 9.74. The molecule has 1 heterocycles. The van der Waals surface area contributed by atoms with Gasteiger partial charge in [0.15, 0.2) is 0 Å². The summed E-state index contributed by atoms with van der Waals surface area (Å²) >= 11 is 0. The van der Waals surface area contributed by atoms with Crippen LogP contribution in [0.5, 0.6) is 0 Å². The largest absolute Gasteiger partial charge is 0.353 e. The van der Waals surface area contributed by atoms with E-state index in [4.69, 9.17) is 0 Å². The Hall–Kier alpha value is -1.65. The fraction of sp³-hybridized carbons (Fsp3) is 0.667. The summed E-state index contributed by atoms with van der Waals surface area (Å²) in [5, 5.41) is 7.32. The van der Waals surface area contributed by atoms with Gasteiger partial charge in [-0.15, -0.1) is 0 Å². The summed E-state index contributed by atoms with van der Waals surface area (Å²) in [7, 11) is 0. The summed E-state index contributed by atoms with van der Waals surface area (Å²) in [4.78, 5) is 23.7. The van der Waals surface area contributed by atoms with Crippen LogP contribution in [0.25, 0.3) is 0 Å². The van der Waals surface area contributed by atoms with Crippen molar-refractivity contribution in [1.82, 2.24) is 15.1 Å². The van der Waals surface area contributed by atoms with Crippen LogP contribution >= 0.6 is 0 Å². The number of hydrogen-bond donors (Lipinski definition) is 1. The molecule has 0 bridgehead atoms. The topological polar surface area (TPSA) is 64.0 Å². The normalized spacial score (nSPS) is 26.8. The first-order valence-electron chi connectivity index (χ1n) is 7.58. The van der Waals surface area contributed by atoms with Crippen molar-refractivity contribution in [2.45, 2.75) is 57.0 Å². The van der Waals surface area contributed by atoms with Gasteiger partial charge in [0, 0.05) is 24.2 Å². The summed E-state index contributed by atoms with van der Waals surface area (Å²) in [6.07, 6.45) is 8.63. The molecule has 0 atom stereocenters. The quantitative estimate of drug-likeness (QED) is 0.912.